The first kappa shape index (κ1) is 72.3. The van der Waals surface area contributed by atoms with Gasteiger partial charge >= 0.3 is 17.9 Å². The summed E-state index contributed by atoms with van der Waals surface area (Å²) in [6.07, 6.45) is -7.64. The number of allylic oxidation sites excluding steroid dienone is 1. The van der Waals surface area contributed by atoms with E-state index in [1.54, 1.807) is 45.0 Å². The van der Waals surface area contributed by atoms with Gasteiger partial charge in [-0.3, -0.25) is 33.6 Å². The molecule has 12 rings (SSSR count). The maximum atomic E-state index is 15.2. The molecule has 102 heavy (non-hydrogen) atoms. The van der Waals surface area contributed by atoms with Crippen LogP contribution in [0.5, 0.6) is 5.75 Å². The number of aliphatic hydroxyl groups is 2. The van der Waals surface area contributed by atoms with Crippen molar-refractivity contribution >= 4 is 138 Å². The molecule has 1 fully saturated rings. The number of pyridine rings is 1. The number of carbonyl (C=O) groups excluding carboxylic acids is 8. The number of primary amides is 1. The number of aliphatic hydroxyl groups excluding tert-OH is 1. The molecule has 6 amide bonds. The number of thiazole rings is 5. The Morgan fingerprint density at radius 2 is 1.53 bits per heavy atom. The smallest absolute Gasteiger partial charge is 0.358 e. The van der Waals surface area contributed by atoms with E-state index in [4.69, 9.17) is 49.1 Å². The number of nitrogens with one attached hydrogen (secondary N) is 5. The van der Waals surface area contributed by atoms with Gasteiger partial charge in [0.05, 0.1) is 48.8 Å². The van der Waals surface area contributed by atoms with E-state index in [1.165, 1.54) is 60.0 Å². The van der Waals surface area contributed by atoms with Crippen molar-refractivity contribution in [3.63, 3.8) is 0 Å². The van der Waals surface area contributed by atoms with Gasteiger partial charge in [-0.1, -0.05) is 12.1 Å². The first-order valence-corrected chi connectivity index (χ1v) is 36.1. The number of cyclic esters (lactones) is 2. The average Bonchev–Trinajstić information content (AvgIpc) is 1.59. The van der Waals surface area contributed by atoms with E-state index in [9.17, 15) is 49.6 Å². The summed E-state index contributed by atoms with van der Waals surface area (Å²) in [5, 5.41) is 75.0. The standard InChI is InChI=1S/C62H62N14O20S6/c1-22(77)39-53(86)72-40(23(2)91-7)56-67-32(19-99-56)51(84)73-43-45-46(96-37-12-62(4,89)47(75(5)6)24(3)95-37)61(88)93-13-25-9-8-10-34-38(25)27(14-92-45)44(76(34)90)60(87)94-15-28(64-49(82)30-18-101-58(43)69-30)55-65-29(16-98-55)41-26(54-66-31(17-97-54)50(83)71-39)11-35(78)42(70-41)57-68-33(20-100-57)52(85)74-59(48(63)81)102-21-36(79)80/h8-11,16-20,22,24,28,37,39,43,45-47,59,77-78,89-90H,12-15,21H2,1-7H3,(H2,63,81)(H,64,82)(H,71,83)(H,72,86)(H,73,84)(H,74,85)(H,79,80)/b40-23+/t22-,24+,28+,37+,39?,43+,45+,46+,47-,59?,62+/m1/s1. The molecule has 2 unspecified atom stereocenters. The number of aromatic nitrogens is 7. The second kappa shape index (κ2) is 29.5. The molecule has 0 spiro atoms. The van der Waals surface area contributed by atoms with E-state index in [1.807, 2.05) is 0 Å². The van der Waals surface area contributed by atoms with Gasteiger partial charge in [0.1, 0.15) is 120 Å². The summed E-state index contributed by atoms with van der Waals surface area (Å²) in [5.74, 6) is -10.4. The molecule has 12 N–H and O–H groups in total. The predicted molar refractivity (Wildman–Crippen MR) is 365 cm³/mol. The number of hydrogen-bond acceptors (Lipinski definition) is 32. The van der Waals surface area contributed by atoms with Crippen molar-refractivity contribution in [3.05, 3.63) is 112 Å². The number of rotatable bonds is 12. The minimum atomic E-state index is -1.93. The molecule has 11 heterocycles. The van der Waals surface area contributed by atoms with Crippen molar-refractivity contribution in [1.29, 1.82) is 0 Å². The molecular formula is C62H62N14O20S6. The number of esters is 2. The van der Waals surface area contributed by atoms with Crippen LogP contribution >= 0.6 is 68.4 Å². The number of likely N-dealkylation sites (N-methyl/N-ethyl adjacent to an activating group) is 1. The van der Waals surface area contributed by atoms with Crippen molar-refractivity contribution in [2.45, 2.75) is 113 Å². The second-order valence-electron chi connectivity index (χ2n) is 24.0. The fourth-order valence-corrected chi connectivity index (χ4v) is 16.9. The number of nitrogens with zero attached hydrogens (tertiary/aromatic N) is 8. The number of ether oxygens (including phenoxy) is 6. The van der Waals surface area contributed by atoms with E-state index in [2.05, 4.69) is 41.5 Å². The molecule has 40 heteroatoms. The Bertz CT molecular complexity index is 4710. The molecule has 4 aliphatic heterocycles. The fourth-order valence-electron chi connectivity index (χ4n) is 12.0. The summed E-state index contributed by atoms with van der Waals surface area (Å²) in [4.78, 5) is 156. The quantitative estimate of drug-likeness (QED) is 0.0361. The third kappa shape index (κ3) is 14.7. The normalized spacial score (nSPS) is 23.9. The molecule has 0 radical (unpaired) electrons. The molecule has 0 aliphatic carbocycles. The number of carboxylic acids is 1. The Balaban J connectivity index is 1.03. The Kier molecular flexibility index (Phi) is 20.9. The predicted octanol–water partition coefficient (Wildman–Crippen LogP) is 3.52. The highest BCUT2D eigenvalue weighted by Gasteiger charge is 2.50. The van der Waals surface area contributed by atoms with Crippen LogP contribution in [0.3, 0.4) is 0 Å². The van der Waals surface area contributed by atoms with Gasteiger partial charge in [0, 0.05) is 49.8 Å². The number of carboxylic acid groups (broad SMARTS) is 1. The molecule has 12 bridgehead atoms. The van der Waals surface area contributed by atoms with Crippen LogP contribution in [-0.4, -0.2) is 206 Å². The lowest BCUT2D eigenvalue weighted by Gasteiger charge is -2.48. The van der Waals surface area contributed by atoms with Crippen LogP contribution in [0.1, 0.15) is 125 Å². The van der Waals surface area contributed by atoms with Crippen LogP contribution in [0.25, 0.3) is 49.3 Å². The van der Waals surface area contributed by atoms with Gasteiger partial charge in [0.15, 0.2) is 23.5 Å². The molecular weight excluding hydrogens is 1450 g/mol. The molecule has 34 nitrogen and oxygen atoms in total. The maximum Gasteiger partial charge on any atom is 0.358 e. The first-order valence-electron chi connectivity index (χ1n) is 30.7. The molecule has 4 aliphatic rings. The highest BCUT2D eigenvalue weighted by molar-refractivity contribution is 8.01. The lowest BCUT2D eigenvalue weighted by Crippen LogP contribution is -2.62. The number of aromatic hydroxyl groups is 1. The number of benzene rings is 1. The summed E-state index contributed by atoms with van der Waals surface area (Å²) in [6, 6.07) is 0.489. The van der Waals surface area contributed by atoms with E-state index < -0.39 is 156 Å². The molecule has 536 valence electrons. The Labute approximate surface area is 600 Å². The summed E-state index contributed by atoms with van der Waals surface area (Å²) in [5.41, 5.74) is 2.21. The SMILES string of the molecule is CO/C(C)=C1/NC(=O)C([C@@H](C)O)NC(=O)c2csc(n2)-c2cc(O)c(-c3nc(C(=O)NC(SCC(=O)O)C(N)=O)cs3)nc2-c2csc(n2)[C@@H]2COC(=O)c3c4c5c(cccc5n3O)COC(=O)[C@@H](O[C@H]3C[C@](C)(O)[C@H](N(C)C)[C@H](C)O3)[C@@H](OC4)[C@H](NC(=O)c3csc1n3)c1nc(cs1)C(=O)N2. The van der Waals surface area contributed by atoms with Crippen molar-refractivity contribution in [2.75, 3.05) is 33.6 Å². The zero-order valence-corrected chi connectivity index (χ0v) is 59.4. The number of amides is 6. The van der Waals surface area contributed by atoms with Crippen molar-refractivity contribution < 1.29 is 97.2 Å². The molecule has 0 saturated carbocycles. The number of carbonyl (C=O) groups is 9. The minimum Gasteiger partial charge on any atom is -0.506 e. The lowest BCUT2D eigenvalue weighted by molar-refractivity contribution is -0.280. The van der Waals surface area contributed by atoms with Gasteiger partial charge in [0.25, 0.3) is 29.5 Å². The highest BCUT2D eigenvalue weighted by Crippen LogP contribution is 2.43. The second-order valence-corrected chi connectivity index (χ2v) is 29.4. The van der Waals surface area contributed by atoms with Crippen LogP contribution in [0.2, 0.25) is 0 Å². The van der Waals surface area contributed by atoms with Crippen LogP contribution in [-0.2, 0) is 60.8 Å². The van der Waals surface area contributed by atoms with Gasteiger partial charge in [-0.2, -0.15) is 4.73 Å². The third-order valence-electron chi connectivity index (χ3n) is 16.6. The van der Waals surface area contributed by atoms with E-state index in [0.29, 0.717) is 16.5 Å². The number of methoxy groups -OCH3 is 1. The molecule has 11 atom stereocenters. The lowest BCUT2D eigenvalue weighted by atomic mass is 9.85. The largest absolute Gasteiger partial charge is 0.506 e. The third-order valence-corrected chi connectivity index (χ3v) is 22.2. The van der Waals surface area contributed by atoms with Crippen LogP contribution in [0.15, 0.2) is 56.9 Å². The summed E-state index contributed by atoms with van der Waals surface area (Å²) in [7, 11) is 4.81. The van der Waals surface area contributed by atoms with Crippen molar-refractivity contribution in [3.8, 4) is 38.4 Å². The zero-order chi connectivity index (χ0) is 72.9. The van der Waals surface area contributed by atoms with Gasteiger partial charge in [0.2, 0.25) is 5.91 Å². The van der Waals surface area contributed by atoms with Gasteiger partial charge < -0.3 is 91.3 Å². The topological polar surface area (TPSA) is 482 Å². The molecule has 7 aromatic heterocycles. The van der Waals surface area contributed by atoms with Gasteiger partial charge in [-0.15, -0.1) is 68.4 Å². The fraction of sp³-hybridized carbons (Fsp3) is 0.371. The number of fused-ring (bicyclic) bond motifs is 15. The number of nitrogens with two attached hydrogens (primary N) is 1. The van der Waals surface area contributed by atoms with Gasteiger partial charge in [-0.05, 0) is 59.5 Å². The van der Waals surface area contributed by atoms with Crippen molar-refractivity contribution in [1.82, 2.24) is 66.1 Å². The molecule has 8 aromatic rings. The summed E-state index contributed by atoms with van der Waals surface area (Å²) < 4.78 is 38.2. The molecule has 1 saturated heterocycles. The maximum absolute atomic E-state index is 15.2. The number of hydrogen-bond donors (Lipinski definition) is 11. The van der Waals surface area contributed by atoms with E-state index >= 15 is 19.2 Å². The Morgan fingerprint density at radius 1 is 0.863 bits per heavy atom. The first-order chi connectivity index (χ1) is 48.6. The van der Waals surface area contributed by atoms with Crippen molar-refractivity contribution in [2.24, 2.45) is 5.73 Å². The number of thioether (sulfide) groups is 1. The van der Waals surface area contributed by atoms with Gasteiger partial charge in [-0.25, -0.2) is 39.5 Å². The molecule has 1 aromatic carbocycles. The van der Waals surface area contributed by atoms with E-state index in [0.717, 1.165) is 56.7 Å². The summed E-state index contributed by atoms with van der Waals surface area (Å²) >= 11 is 4.88. The van der Waals surface area contributed by atoms with Crippen LogP contribution < -0.4 is 32.3 Å². The average molecular weight is 1520 g/mol. The monoisotopic (exact) mass is 1510 g/mol. The van der Waals surface area contributed by atoms with Crippen LogP contribution in [0.4, 0.5) is 0 Å². The zero-order valence-electron chi connectivity index (χ0n) is 54.5. The van der Waals surface area contributed by atoms with E-state index in [-0.39, 0.29) is 110 Å². The highest BCUT2D eigenvalue weighted by atomic mass is 32.2. The Morgan fingerprint density at radius 3 is 2.24 bits per heavy atom. The van der Waals surface area contributed by atoms with Crippen LogP contribution in [0, 0.1) is 0 Å². The minimum absolute atomic E-state index is 0.00355. The Hall–Kier alpha value is -9.46. The summed E-state index contributed by atoms with van der Waals surface area (Å²) in [6.45, 7) is 4.14. The number of aliphatic carboxylic acids is 1.